The molecule has 1 aromatic carbocycles. The normalized spacial score (nSPS) is 20.9. The third-order valence-electron chi connectivity index (χ3n) is 5.64. The van der Waals surface area contributed by atoms with Crippen LogP contribution in [0.15, 0.2) is 24.3 Å². The quantitative estimate of drug-likeness (QED) is 0.726. The number of carbonyl (C=O) groups excluding carboxylic acids is 2. The summed E-state index contributed by atoms with van der Waals surface area (Å²) in [6.45, 7) is 1.01. The molecule has 0 bridgehead atoms. The molecule has 0 unspecified atom stereocenters. The number of primary amides is 1. The fourth-order valence-corrected chi connectivity index (χ4v) is 5.24. The maximum atomic E-state index is 12.7. The molecule has 1 saturated carbocycles. The van der Waals surface area contributed by atoms with Gasteiger partial charge in [0.25, 0.3) is 5.91 Å². The van der Waals surface area contributed by atoms with E-state index in [0.717, 1.165) is 0 Å². The Labute approximate surface area is 179 Å². The highest BCUT2D eigenvalue weighted by Gasteiger charge is 2.38. The lowest BCUT2D eigenvalue weighted by Gasteiger charge is -2.37. The van der Waals surface area contributed by atoms with Gasteiger partial charge in [-0.1, -0.05) is 23.7 Å². The van der Waals surface area contributed by atoms with E-state index in [0.29, 0.717) is 47.9 Å². The number of fused-ring (bicyclic) bond motifs is 1. The zero-order valence-corrected chi connectivity index (χ0v) is 17.9. The fourth-order valence-electron chi connectivity index (χ4n) is 3.89. The Hall–Kier alpha value is -2.59. The molecule has 30 heavy (non-hydrogen) atoms. The predicted octanol–water partition coefficient (Wildman–Crippen LogP) is 1.40. The standard InChI is InChI=1S/C19H22ClN5O4S/c1-30(28,29)14-8-13(9-14)22-19(27)24-5-6-25-15(10-24)16(18(21)26)17(23-25)11-3-2-4-12(20)7-11/h2-4,7,13-14H,5-6,8-10H2,1H3,(H2,21,26)(H,22,27)/t13-,14+. The van der Waals surface area contributed by atoms with Crippen LogP contribution in [-0.4, -0.2) is 59.1 Å². The number of nitrogens with zero attached hydrogens (tertiary/aromatic N) is 3. The van der Waals surface area contributed by atoms with Gasteiger partial charge in [-0.05, 0) is 25.0 Å². The summed E-state index contributed by atoms with van der Waals surface area (Å²) in [5, 5.41) is 7.53. The lowest BCUT2D eigenvalue weighted by atomic mass is 9.92. The molecular weight excluding hydrogens is 430 g/mol. The number of urea groups is 1. The van der Waals surface area contributed by atoms with Crippen molar-refractivity contribution in [3.8, 4) is 11.3 Å². The van der Waals surface area contributed by atoms with E-state index in [1.807, 2.05) is 0 Å². The van der Waals surface area contributed by atoms with Gasteiger partial charge in [0.2, 0.25) is 0 Å². The molecule has 160 valence electrons. The predicted molar refractivity (Wildman–Crippen MR) is 112 cm³/mol. The van der Waals surface area contributed by atoms with Gasteiger partial charge in [-0.25, -0.2) is 13.2 Å². The van der Waals surface area contributed by atoms with Crippen LogP contribution in [-0.2, 0) is 22.9 Å². The first-order valence-corrected chi connectivity index (χ1v) is 11.9. The Morgan fingerprint density at radius 2 is 2.00 bits per heavy atom. The van der Waals surface area contributed by atoms with E-state index in [1.165, 1.54) is 6.26 Å². The molecule has 0 radical (unpaired) electrons. The Kier molecular flexibility index (Phi) is 5.23. The summed E-state index contributed by atoms with van der Waals surface area (Å²) in [4.78, 5) is 26.5. The number of hydrogen-bond acceptors (Lipinski definition) is 5. The Balaban J connectivity index is 1.52. The van der Waals surface area contributed by atoms with Crippen molar-refractivity contribution in [2.45, 2.75) is 37.2 Å². The second kappa shape index (κ2) is 7.59. The highest BCUT2D eigenvalue weighted by molar-refractivity contribution is 7.91. The highest BCUT2D eigenvalue weighted by Crippen LogP contribution is 2.30. The summed E-state index contributed by atoms with van der Waals surface area (Å²) < 4.78 is 24.8. The van der Waals surface area contributed by atoms with E-state index in [9.17, 15) is 18.0 Å². The topological polar surface area (TPSA) is 127 Å². The monoisotopic (exact) mass is 451 g/mol. The average molecular weight is 452 g/mol. The third-order valence-corrected chi connectivity index (χ3v) is 7.47. The maximum absolute atomic E-state index is 12.7. The lowest BCUT2D eigenvalue weighted by Crippen LogP contribution is -2.54. The molecule has 1 aliphatic heterocycles. The second-order valence-corrected chi connectivity index (χ2v) is 10.5. The first kappa shape index (κ1) is 20.7. The molecule has 2 aliphatic rings. The number of nitrogens with one attached hydrogen (secondary N) is 1. The van der Waals surface area contributed by atoms with Crippen molar-refractivity contribution in [3.63, 3.8) is 0 Å². The Bertz CT molecular complexity index is 1120. The van der Waals surface area contributed by atoms with Crippen LogP contribution in [0.5, 0.6) is 0 Å². The van der Waals surface area contributed by atoms with Crippen LogP contribution in [0.4, 0.5) is 4.79 Å². The number of hydrogen-bond donors (Lipinski definition) is 2. The average Bonchev–Trinajstić information content (AvgIpc) is 3.02. The number of benzene rings is 1. The van der Waals surface area contributed by atoms with E-state index in [4.69, 9.17) is 17.3 Å². The van der Waals surface area contributed by atoms with Crippen molar-refractivity contribution < 1.29 is 18.0 Å². The van der Waals surface area contributed by atoms with Crippen molar-refractivity contribution in [2.24, 2.45) is 5.73 Å². The van der Waals surface area contributed by atoms with Crippen LogP contribution >= 0.6 is 11.6 Å². The molecule has 9 nitrogen and oxygen atoms in total. The summed E-state index contributed by atoms with van der Waals surface area (Å²) in [7, 11) is -3.08. The molecule has 2 heterocycles. The first-order valence-electron chi connectivity index (χ1n) is 9.53. The molecule has 0 spiro atoms. The van der Waals surface area contributed by atoms with Crippen LogP contribution < -0.4 is 11.1 Å². The molecule has 1 aliphatic carbocycles. The van der Waals surface area contributed by atoms with E-state index >= 15 is 0 Å². The van der Waals surface area contributed by atoms with E-state index in [1.54, 1.807) is 33.8 Å². The lowest BCUT2D eigenvalue weighted by molar-refractivity contribution is 0.0997. The van der Waals surface area contributed by atoms with E-state index < -0.39 is 21.0 Å². The van der Waals surface area contributed by atoms with Gasteiger partial charge in [-0.2, -0.15) is 5.10 Å². The largest absolute Gasteiger partial charge is 0.365 e. The Morgan fingerprint density at radius 1 is 1.27 bits per heavy atom. The van der Waals surface area contributed by atoms with E-state index in [2.05, 4.69) is 10.4 Å². The number of carbonyl (C=O) groups is 2. The molecule has 0 saturated heterocycles. The van der Waals surface area contributed by atoms with E-state index in [-0.39, 0.29) is 24.2 Å². The third kappa shape index (κ3) is 3.89. The highest BCUT2D eigenvalue weighted by atomic mass is 35.5. The molecule has 11 heteroatoms. The molecular formula is C19H22ClN5O4S. The molecule has 3 amide bonds. The second-order valence-electron chi connectivity index (χ2n) is 7.76. The Morgan fingerprint density at radius 3 is 2.63 bits per heavy atom. The molecule has 4 rings (SSSR count). The van der Waals surface area contributed by atoms with Gasteiger partial charge in [0, 0.05) is 29.4 Å². The minimum Gasteiger partial charge on any atom is -0.365 e. The zero-order chi connectivity index (χ0) is 21.6. The van der Waals surface area contributed by atoms with Crippen LogP contribution in [0, 0.1) is 0 Å². The molecule has 2 aromatic rings. The fraction of sp³-hybridized carbons (Fsp3) is 0.421. The van der Waals surface area contributed by atoms with Crippen LogP contribution in [0.3, 0.4) is 0 Å². The number of nitrogens with two attached hydrogens (primary N) is 1. The van der Waals surface area contributed by atoms with Crippen LogP contribution in [0.2, 0.25) is 5.02 Å². The maximum Gasteiger partial charge on any atom is 0.318 e. The van der Waals surface area contributed by atoms with Crippen molar-refractivity contribution in [2.75, 3.05) is 12.8 Å². The van der Waals surface area contributed by atoms with Crippen molar-refractivity contribution in [1.82, 2.24) is 20.0 Å². The van der Waals surface area contributed by atoms with Gasteiger partial charge in [-0.15, -0.1) is 0 Å². The van der Waals surface area contributed by atoms with Gasteiger partial charge in [0.15, 0.2) is 0 Å². The summed E-state index contributed by atoms with van der Waals surface area (Å²) >= 11 is 6.07. The zero-order valence-electron chi connectivity index (χ0n) is 16.3. The number of amides is 3. The van der Waals surface area contributed by atoms with Gasteiger partial charge in [-0.3, -0.25) is 9.48 Å². The van der Waals surface area contributed by atoms with Gasteiger partial charge in [0.05, 0.1) is 29.6 Å². The molecule has 3 N–H and O–H groups in total. The van der Waals surface area contributed by atoms with Crippen LogP contribution in [0.25, 0.3) is 11.3 Å². The van der Waals surface area contributed by atoms with Crippen molar-refractivity contribution in [1.29, 1.82) is 0 Å². The summed E-state index contributed by atoms with van der Waals surface area (Å²) in [5.74, 6) is -0.622. The number of aromatic nitrogens is 2. The molecule has 0 atom stereocenters. The minimum absolute atomic E-state index is 0.165. The SMILES string of the molecule is CS(=O)(=O)[C@H]1C[C@@H](NC(=O)N2CCn3nc(-c4cccc(Cl)c4)c(C(N)=O)c3C2)C1. The van der Waals surface area contributed by atoms with Gasteiger partial charge >= 0.3 is 6.03 Å². The molecule has 1 fully saturated rings. The van der Waals surface area contributed by atoms with Crippen LogP contribution in [0.1, 0.15) is 28.9 Å². The van der Waals surface area contributed by atoms with Crippen molar-refractivity contribution in [3.05, 3.63) is 40.5 Å². The summed E-state index contributed by atoms with van der Waals surface area (Å²) in [6, 6.07) is 6.54. The number of halogens is 1. The number of sulfone groups is 1. The van der Waals surface area contributed by atoms with Crippen molar-refractivity contribution >= 4 is 33.4 Å². The summed E-state index contributed by atoms with van der Waals surface area (Å²) in [5.41, 5.74) is 7.61. The molecule has 1 aromatic heterocycles. The summed E-state index contributed by atoms with van der Waals surface area (Å²) in [6.07, 6.45) is 2.05. The minimum atomic E-state index is -3.08. The number of rotatable bonds is 4. The first-order chi connectivity index (χ1) is 14.1. The van der Waals surface area contributed by atoms with Gasteiger partial charge < -0.3 is 16.0 Å². The smallest absolute Gasteiger partial charge is 0.318 e. The van der Waals surface area contributed by atoms with Gasteiger partial charge in [0.1, 0.15) is 15.5 Å².